The average Bonchev–Trinajstić information content (AvgIpc) is 2.77. The molecular weight excluding hydrogens is 236 g/mol. The standard InChI is InChI=1S/C12H22N2O4/c1-8(2)14(3)7-6-13-11(15)9-4-5-10(18-9)12(16)17/h8-10H,4-7H2,1-3H3,(H,13,15)(H,16,17). The summed E-state index contributed by atoms with van der Waals surface area (Å²) >= 11 is 0. The number of likely N-dealkylation sites (N-methyl/N-ethyl adjacent to an activating group) is 1. The largest absolute Gasteiger partial charge is 0.479 e. The van der Waals surface area contributed by atoms with E-state index >= 15 is 0 Å². The number of hydrogen-bond acceptors (Lipinski definition) is 4. The van der Waals surface area contributed by atoms with Crippen LogP contribution in [-0.2, 0) is 14.3 Å². The Balaban J connectivity index is 2.24. The fraction of sp³-hybridized carbons (Fsp3) is 0.833. The quantitative estimate of drug-likeness (QED) is 0.705. The maximum absolute atomic E-state index is 11.7. The van der Waals surface area contributed by atoms with Crippen LogP contribution in [0.15, 0.2) is 0 Å². The van der Waals surface area contributed by atoms with E-state index in [4.69, 9.17) is 9.84 Å². The Labute approximate surface area is 107 Å². The molecule has 1 amide bonds. The van der Waals surface area contributed by atoms with Crippen LogP contribution in [0.25, 0.3) is 0 Å². The molecule has 0 aromatic carbocycles. The van der Waals surface area contributed by atoms with E-state index in [9.17, 15) is 9.59 Å². The van der Waals surface area contributed by atoms with Crippen LogP contribution in [0.1, 0.15) is 26.7 Å². The van der Waals surface area contributed by atoms with Gasteiger partial charge in [0.15, 0.2) is 6.10 Å². The summed E-state index contributed by atoms with van der Waals surface area (Å²) < 4.78 is 5.16. The molecule has 1 saturated heterocycles. The van der Waals surface area contributed by atoms with Crippen LogP contribution in [0, 0.1) is 0 Å². The van der Waals surface area contributed by atoms with Gasteiger partial charge >= 0.3 is 5.97 Å². The monoisotopic (exact) mass is 258 g/mol. The van der Waals surface area contributed by atoms with Crippen molar-refractivity contribution in [2.24, 2.45) is 0 Å². The lowest BCUT2D eigenvalue weighted by Gasteiger charge is -2.21. The van der Waals surface area contributed by atoms with Gasteiger partial charge in [0.05, 0.1) is 0 Å². The number of carboxylic acids is 1. The molecule has 0 aromatic rings. The Bertz CT molecular complexity index is 306. The third kappa shape index (κ3) is 4.27. The minimum atomic E-state index is -0.996. The highest BCUT2D eigenvalue weighted by atomic mass is 16.5. The third-order valence-electron chi connectivity index (χ3n) is 3.23. The van der Waals surface area contributed by atoms with Gasteiger partial charge in [0, 0.05) is 19.1 Å². The lowest BCUT2D eigenvalue weighted by Crippen LogP contribution is -2.40. The summed E-state index contributed by atoms with van der Waals surface area (Å²) in [5, 5.41) is 11.5. The first-order valence-electron chi connectivity index (χ1n) is 6.28. The maximum Gasteiger partial charge on any atom is 0.332 e. The summed E-state index contributed by atoms with van der Waals surface area (Å²) in [6.07, 6.45) is -0.572. The van der Waals surface area contributed by atoms with Gasteiger partial charge in [-0.3, -0.25) is 4.79 Å². The lowest BCUT2D eigenvalue weighted by atomic mass is 10.2. The molecule has 104 valence electrons. The highest BCUT2D eigenvalue weighted by Gasteiger charge is 2.34. The lowest BCUT2D eigenvalue weighted by molar-refractivity contribution is -0.151. The smallest absolute Gasteiger partial charge is 0.332 e. The molecule has 2 atom stereocenters. The minimum absolute atomic E-state index is 0.212. The summed E-state index contributed by atoms with van der Waals surface area (Å²) in [6, 6.07) is 0.432. The van der Waals surface area contributed by atoms with Crippen molar-refractivity contribution in [3.05, 3.63) is 0 Å². The Morgan fingerprint density at radius 1 is 1.39 bits per heavy atom. The van der Waals surface area contributed by atoms with E-state index in [2.05, 4.69) is 24.1 Å². The molecule has 6 nitrogen and oxygen atoms in total. The normalized spacial score (nSPS) is 23.6. The second kappa shape index (κ2) is 6.70. The summed E-state index contributed by atoms with van der Waals surface area (Å²) in [5.74, 6) is -1.21. The van der Waals surface area contributed by atoms with Crippen molar-refractivity contribution < 1.29 is 19.4 Å². The molecule has 1 rings (SSSR count). The van der Waals surface area contributed by atoms with Crippen molar-refractivity contribution in [1.29, 1.82) is 0 Å². The van der Waals surface area contributed by atoms with Crippen LogP contribution in [0.2, 0.25) is 0 Å². The van der Waals surface area contributed by atoms with Crippen LogP contribution in [0.4, 0.5) is 0 Å². The Morgan fingerprint density at radius 3 is 2.50 bits per heavy atom. The molecule has 18 heavy (non-hydrogen) atoms. The van der Waals surface area contributed by atoms with Gasteiger partial charge in [0.1, 0.15) is 6.10 Å². The number of hydrogen-bond donors (Lipinski definition) is 2. The predicted molar refractivity (Wildman–Crippen MR) is 66.3 cm³/mol. The topological polar surface area (TPSA) is 78.9 Å². The van der Waals surface area contributed by atoms with Crippen molar-refractivity contribution in [2.45, 2.75) is 44.9 Å². The van der Waals surface area contributed by atoms with Crippen LogP contribution >= 0.6 is 0 Å². The molecule has 0 saturated carbocycles. The van der Waals surface area contributed by atoms with Gasteiger partial charge in [-0.15, -0.1) is 0 Å². The highest BCUT2D eigenvalue weighted by Crippen LogP contribution is 2.19. The fourth-order valence-corrected chi connectivity index (χ4v) is 1.74. The number of nitrogens with zero attached hydrogens (tertiary/aromatic N) is 1. The Morgan fingerprint density at radius 2 is 2.00 bits per heavy atom. The molecule has 1 aliphatic rings. The second-order valence-electron chi connectivity index (χ2n) is 4.89. The number of carboxylic acid groups (broad SMARTS) is 1. The molecule has 6 heteroatoms. The average molecular weight is 258 g/mol. The molecule has 0 aromatic heterocycles. The zero-order chi connectivity index (χ0) is 13.7. The van der Waals surface area contributed by atoms with E-state index in [0.29, 0.717) is 25.4 Å². The molecule has 2 N–H and O–H groups in total. The number of carbonyl (C=O) groups is 2. The number of ether oxygens (including phenoxy) is 1. The number of carbonyl (C=O) groups excluding carboxylic acids is 1. The van der Waals surface area contributed by atoms with E-state index < -0.39 is 18.2 Å². The summed E-state index contributed by atoms with van der Waals surface area (Å²) in [4.78, 5) is 24.5. The zero-order valence-corrected chi connectivity index (χ0v) is 11.2. The van der Waals surface area contributed by atoms with Gasteiger partial charge in [0.25, 0.3) is 0 Å². The second-order valence-corrected chi connectivity index (χ2v) is 4.89. The van der Waals surface area contributed by atoms with Crippen molar-refractivity contribution in [3.63, 3.8) is 0 Å². The van der Waals surface area contributed by atoms with Crippen LogP contribution in [0.3, 0.4) is 0 Å². The molecular formula is C12H22N2O4. The first kappa shape index (κ1) is 14.9. The van der Waals surface area contributed by atoms with Crippen LogP contribution < -0.4 is 5.32 Å². The molecule has 1 heterocycles. The Kier molecular flexibility index (Phi) is 5.55. The highest BCUT2D eigenvalue weighted by molar-refractivity contribution is 5.82. The predicted octanol–water partition coefficient (Wildman–Crippen LogP) is 0.0750. The molecule has 2 unspecified atom stereocenters. The Hall–Kier alpha value is -1.14. The molecule has 1 fully saturated rings. The van der Waals surface area contributed by atoms with E-state index in [1.54, 1.807) is 0 Å². The van der Waals surface area contributed by atoms with Gasteiger partial charge in [0.2, 0.25) is 5.91 Å². The molecule has 0 spiro atoms. The van der Waals surface area contributed by atoms with E-state index in [1.807, 2.05) is 7.05 Å². The third-order valence-corrected chi connectivity index (χ3v) is 3.23. The first-order chi connectivity index (χ1) is 8.41. The van der Waals surface area contributed by atoms with Gasteiger partial charge < -0.3 is 20.1 Å². The number of rotatable bonds is 6. The molecule has 0 radical (unpaired) electrons. The number of amides is 1. The summed E-state index contributed by atoms with van der Waals surface area (Å²) in [7, 11) is 1.99. The molecule has 0 aliphatic carbocycles. The summed E-state index contributed by atoms with van der Waals surface area (Å²) in [5.41, 5.74) is 0. The number of nitrogens with one attached hydrogen (secondary N) is 1. The fourth-order valence-electron chi connectivity index (χ4n) is 1.74. The van der Waals surface area contributed by atoms with Crippen molar-refractivity contribution in [1.82, 2.24) is 10.2 Å². The van der Waals surface area contributed by atoms with Gasteiger partial charge in [-0.05, 0) is 33.7 Å². The van der Waals surface area contributed by atoms with Crippen LogP contribution in [0.5, 0.6) is 0 Å². The van der Waals surface area contributed by atoms with Gasteiger partial charge in [-0.1, -0.05) is 0 Å². The zero-order valence-electron chi connectivity index (χ0n) is 11.2. The SMILES string of the molecule is CC(C)N(C)CCNC(=O)C1CCC(C(=O)O)O1. The van der Waals surface area contributed by atoms with E-state index in [0.717, 1.165) is 6.54 Å². The van der Waals surface area contributed by atoms with Gasteiger partial charge in [-0.25, -0.2) is 4.79 Å². The molecule has 1 aliphatic heterocycles. The van der Waals surface area contributed by atoms with Crippen molar-refractivity contribution >= 4 is 11.9 Å². The summed E-state index contributed by atoms with van der Waals surface area (Å²) in [6.45, 7) is 5.47. The first-order valence-corrected chi connectivity index (χ1v) is 6.28. The van der Waals surface area contributed by atoms with E-state index in [1.165, 1.54) is 0 Å². The van der Waals surface area contributed by atoms with Gasteiger partial charge in [-0.2, -0.15) is 0 Å². The van der Waals surface area contributed by atoms with Crippen LogP contribution in [-0.4, -0.2) is 60.3 Å². The van der Waals surface area contributed by atoms with Crippen molar-refractivity contribution in [2.75, 3.05) is 20.1 Å². The maximum atomic E-state index is 11.7. The minimum Gasteiger partial charge on any atom is -0.479 e. The van der Waals surface area contributed by atoms with Crippen molar-refractivity contribution in [3.8, 4) is 0 Å². The number of aliphatic carboxylic acids is 1. The van der Waals surface area contributed by atoms with E-state index in [-0.39, 0.29) is 5.91 Å². The molecule has 0 bridgehead atoms.